The molecular weight excluding hydrogens is 349 g/mol. The Balaban J connectivity index is 2.27. The van der Waals surface area contributed by atoms with Gasteiger partial charge in [-0.15, -0.1) is 0 Å². The highest BCUT2D eigenvalue weighted by Gasteiger charge is 2.20. The van der Waals surface area contributed by atoms with E-state index in [-0.39, 0.29) is 17.5 Å². The average Bonchev–Trinajstić information content (AvgIpc) is 2.79. The molecule has 0 bridgehead atoms. The Morgan fingerprint density at radius 1 is 1.22 bits per heavy atom. The van der Waals surface area contributed by atoms with E-state index in [0.29, 0.717) is 34.4 Å². The predicted octanol–water partition coefficient (Wildman–Crippen LogP) is 3.44. The third-order valence-electron chi connectivity index (χ3n) is 4.33. The van der Waals surface area contributed by atoms with Gasteiger partial charge in [0.1, 0.15) is 12.4 Å². The van der Waals surface area contributed by atoms with Crippen molar-refractivity contribution >= 4 is 16.9 Å². The second-order valence-electron chi connectivity index (χ2n) is 7.88. The highest BCUT2D eigenvalue weighted by molar-refractivity contribution is 5.97. The van der Waals surface area contributed by atoms with E-state index in [1.807, 2.05) is 20.8 Å². The molecule has 0 aliphatic rings. The highest BCUT2D eigenvalue weighted by Crippen LogP contribution is 2.34. The van der Waals surface area contributed by atoms with Crippen LogP contribution in [0.4, 0.5) is 4.39 Å². The van der Waals surface area contributed by atoms with Gasteiger partial charge in [-0.3, -0.25) is 9.59 Å². The molecule has 0 saturated carbocycles. The fraction of sp³-hybridized carbons (Fsp3) is 0.350. The van der Waals surface area contributed by atoms with Gasteiger partial charge in [-0.2, -0.15) is 5.10 Å². The van der Waals surface area contributed by atoms with E-state index in [4.69, 9.17) is 0 Å². The van der Waals surface area contributed by atoms with E-state index < -0.39 is 11.8 Å². The number of carboxylic acid groups (broad SMARTS) is 1. The Hall–Kier alpha value is -2.96. The van der Waals surface area contributed by atoms with Crippen molar-refractivity contribution in [2.24, 2.45) is 5.41 Å². The van der Waals surface area contributed by atoms with Crippen molar-refractivity contribution in [3.8, 4) is 11.3 Å². The molecule has 3 rings (SSSR count). The molecule has 1 aromatic carbocycles. The van der Waals surface area contributed by atoms with Gasteiger partial charge in [-0.05, 0) is 36.6 Å². The summed E-state index contributed by atoms with van der Waals surface area (Å²) >= 11 is 0. The van der Waals surface area contributed by atoms with Gasteiger partial charge in [0.05, 0.1) is 5.69 Å². The lowest BCUT2D eigenvalue weighted by Crippen LogP contribution is -2.28. The van der Waals surface area contributed by atoms with E-state index in [2.05, 4.69) is 5.10 Å². The molecule has 0 atom stereocenters. The minimum Gasteiger partial charge on any atom is -0.480 e. The van der Waals surface area contributed by atoms with E-state index in [1.165, 1.54) is 22.9 Å². The smallest absolute Gasteiger partial charge is 0.323 e. The lowest BCUT2D eigenvalue weighted by atomic mass is 9.97. The number of aliphatic carboxylic acids is 1. The number of rotatable bonds is 4. The van der Waals surface area contributed by atoms with Crippen LogP contribution in [0.5, 0.6) is 0 Å². The third-order valence-corrected chi connectivity index (χ3v) is 4.33. The van der Waals surface area contributed by atoms with Crippen LogP contribution in [0.25, 0.3) is 22.2 Å². The molecule has 0 spiro atoms. The molecule has 0 unspecified atom stereocenters. The Kier molecular flexibility index (Phi) is 4.63. The van der Waals surface area contributed by atoms with Gasteiger partial charge < -0.3 is 9.67 Å². The standard InChI is InChI=1S/C20H22FN3O3/c1-12-19(15-6-8-17(25)24(22-15)11-20(2,3)4)14-9-13(21)5-7-16(14)23(12)10-18(26)27/h5-9H,10-11H2,1-4H3,(H,26,27). The number of fused-ring (bicyclic) bond motifs is 1. The number of carbonyl (C=O) groups is 1. The lowest BCUT2D eigenvalue weighted by molar-refractivity contribution is -0.137. The zero-order valence-corrected chi connectivity index (χ0v) is 15.8. The molecule has 0 saturated heterocycles. The summed E-state index contributed by atoms with van der Waals surface area (Å²) in [5, 5.41) is 14.3. The van der Waals surface area contributed by atoms with Crippen LogP contribution in [0.15, 0.2) is 35.1 Å². The van der Waals surface area contributed by atoms with E-state index in [0.717, 1.165) is 0 Å². The number of hydrogen-bond acceptors (Lipinski definition) is 3. The molecule has 6 nitrogen and oxygen atoms in total. The normalized spacial score (nSPS) is 11.9. The van der Waals surface area contributed by atoms with Crippen LogP contribution in [0.3, 0.4) is 0 Å². The molecule has 27 heavy (non-hydrogen) atoms. The topological polar surface area (TPSA) is 77.1 Å². The van der Waals surface area contributed by atoms with Gasteiger partial charge in [0.25, 0.3) is 5.56 Å². The highest BCUT2D eigenvalue weighted by atomic mass is 19.1. The van der Waals surface area contributed by atoms with Crippen molar-refractivity contribution in [3.05, 3.63) is 52.2 Å². The summed E-state index contributed by atoms with van der Waals surface area (Å²) in [5.41, 5.74) is 2.05. The number of aromatic nitrogens is 3. The monoisotopic (exact) mass is 371 g/mol. The van der Waals surface area contributed by atoms with Crippen molar-refractivity contribution in [2.45, 2.75) is 40.8 Å². The molecule has 7 heteroatoms. The fourth-order valence-corrected chi connectivity index (χ4v) is 3.26. The molecule has 0 amide bonds. The molecule has 3 aromatic rings. The first-order valence-corrected chi connectivity index (χ1v) is 8.65. The van der Waals surface area contributed by atoms with E-state index in [1.54, 1.807) is 23.6 Å². The number of hydrogen-bond donors (Lipinski definition) is 1. The van der Waals surface area contributed by atoms with Gasteiger partial charge in [0.15, 0.2) is 0 Å². The molecule has 1 N–H and O–H groups in total. The van der Waals surface area contributed by atoms with Crippen molar-refractivity contribution in [1.82, 2.24) is 14.3 Å². The zero-order chi connectivity index (χ0) is 19.9. The van der Waals surface area contributed by atoms with E-state index in [9.17, 15) is 19.1 Å². The molecule has 0 radical (unpaired) electrons. The van der Waals surface area contributed by atoms with Crippen molar-refractivity contribution in [1.29, 1.82) is 0 Å². The molecule has 0 aliphatic carbocycles. The van der Waals surface area contributed by atoms with Crippen LogP contribution < -0.4 is 5.56 Å². The molecule has 142 valence electrons. The first kappa shape index (κ1) is 18.8. The summed E-state index contributed by atoms with van der Waals surface area (Å²) in [6.45, 7) is 7.99. The quantitative estimate of drug-likeness (QED) is 0.762. The van der Waals surface area contributed by atoms with Crippen LogP contribution in [0, 0.1) is 18.2 Å². The lowest BCUT2D eigenvalue weighted by Gasteiger charge is -2.19. The average molecular weight is 371 g/mol. The van der Waals surface area contributed by atoms with Crippen LogP contribution in [0.1, 0.15) is 26.5 Å². The SMILES string of the molecule is Cc1c(-c2ccc(=O)n(CC(C)(C)C)n2)c2cc(F)ccc2n1CC(=O)O. The number of halogens is 1. The first-order valence-electron chi connectivity index (χ1n) is 8.65. The Morgan fingerprint density at radius 3 is 2.56 bits per heavy atom. The summed E-state index contributed by atoms with van der Waals surface area (Å²) in [6, 6.07) is 7.27. The van der Waals surface area contributed by atoms with Crippen LogP contribution in [-0.2, 0) is 17.9 Å². The number of benzene rings is 1. The van der Waals surface area contributed by atoms with Gasteiger partial charge in [-0.25, -0.2) is 9.07 Å². The van der Waals surface area contributed by atoms with Crippen molar-refractivity contribution in [2.75, 3.05) is 0 Å². The number of nitrogens with zero attached hydrogens (tertiary/aromatic N) is 3. The largest absolute Gasteiger partial charge is 0.480 e. The van der Waals surface area contributed by atoms with Gasteiger partial charge in [0.2, 0.25) is 0 Å². The molecule has 0 fully saturated rings. The second-order valence-corrected chi connectivity index (χ2v) is 7.88. The molecule has 2 heterocycles. The van der Waals surface area contributed by atoms with Crippen molar-refractivity contribution in [3.63, 3.8) is 0 Å². The summed E-state index contributed by atoms with van der Waals surface area (Å²) < 4.78 is 16.9. The summed E-state index contributed by atoms with van der Waals surface area (Å²) in [4.78, 5) is 23.5. The van der Waals surface area contributed by atoms with Crippen LogP contribution >= 0.6 is 0 Å². The summed E-state index contributed by atoms with van der Waals surface area (Å²) in [5.74, 6) is -1.41. The summed E-state index contributed by atoms with van der Waals surface area (Å²) in [7, 11) is 0. The van der Waals surface area contributed by atoms with Crippen LogP contribution in [0.2, 0.25) is 0 Å². The molecule has 0 aliphatic heterocycles. The van der Waals surface area contributed by atoms with Gasteiger partial charge >= 0.3 is 5.97 Å². The molecule has 2 aromatic heterocycles. The van der Waals surface area contributed by atoms with Gasteiger partial charge in [-0.1, -0.05) is 20.8 Å². The minimum atomic E-state index is -0.989. The molecular formula is C20H22FN3O3. The zero-order valence-electron chi connectivity index (χ0n) is 15.8. The Bertz CT molecular complexity index is 1090. The van der Waals surface area contributed by atoms with Gasteiger partial charge in [0, 0.05) is 34.8 Å². The number of carboxylic acids is 1. The third kappa shape index (κ3) is 3.77. The predicted molar refractivity (Wildman–Crippen MR) is 101 cm³/mol. The Morgan fingerprint density at radius 2 is 1.93 bits per heavy atom. The maximum Gasteiger partial charge on any atom is 0.323 e. The fourth-order valence-electron chi connectivity index (χ4n) is 3.26. The maximum atomic E-state index is 13.9. The second kappa shape index (κ2) is 6.64. The van der Waals surface area contributed by atoms with Crippen LogP contribution in [-0.4, -0.2) is 25.4 Å². The summed E-state index contributed by atoms with van der Waals surface area (Å²) in [6.07, 6.45) is 0. The first-order chi connectivity index (χ1) is 12.6. The minimum absolute atomic E-state index is 0.145. The van der Waals surface area contributed by atoms with E-state index >= 15 is 0 Å². The Labute approximate surface area is 155 Å². The maximum absolute atomic E-state index is 13.9. The van der Waals surface area contributed by atoms with Crippen molar-refractivity contribution < 1.29 is 14.3 Å².